The molecule has 0 fully saturated rings. The molecule has 0 unspecified atom stereocenters. The summed E-state index contributed by atoms with van der Waals surface area (Å²) in [5.41, 5.74) is 7.22. The topological polar surface area (TPSA) is 102 Å². The predicted octanol–water partition coefficient (Wildman–Crippen LogP) is 4.27. The molecule has 1 aromatic carbocycles. The van der Waals surface area contributed by atoms with Gasteiger partial charge in [0.25, 0.3) is 0 Å². The zero-order chi connectivity index (χ0) is 21.7. The third kappa shape index (κ3) is 3.17. The Kier molecular flexibility index (Phi) is 4.36. The van der Waals surface area contributed by atoms with Gasteiger partial charge in [-0.1, -0.05) is 0 Å². The van der Waals surface area contributed by atoms with Gasteiger partial charge in [0.15, 0.2) is 10.9 Å². The third-order valence-electron chi connectivity index (χ3n) is 4.84. The lowest BCUT2D eigenvalue weighted by atomic mass is 10.0. The van der Waals surface area contributed by atoms with E-state index in [4.69, 9.17) is 5.73 Å². The number of aromatic nitrogens is 5. The van der Waals surface area contributed by atoms with E-state index in [9.17, 15) is 13.6 Å². The second-order valence-electron chi connectivity index (χ2n) is 6.91. The highest BCUT2D eigenvalue weighted by molar-refractivity contribution is 7.12. The Morgan fingerprint density at radius 3 is 2.87 bits per heavy atom. The number of aryl methyl sites for hydroxylation is 1. The molecule has 4 aromatic heterocycles. The van der Waals surface area contributed by atoms with Crippen LogP contribution in [0, 0.1) is 18.6 Å². The van der Waals surface area contributed by atoms with Crippen molar-refractivity contribution in [1.82, 2.24) is 24.5 Å². The number of carbonyl (C=O) groups excluding carboxylic acids is 1. The van der Waals surface area contributed by atoms with Crippen LogP contribution in [0.25, 0.3) is 27.4 Å². The number of H-pyrrole nitrogens is 1. The smallest absolute Gasteiger partial charge is 0.201 e. The van der Waals surface area contributed by atoms with Crippen LogP contribution in [0.2, 0.25) is 0 Å². The highest BCUT2D eigenvalue weighted by atomic mass is 32.1. The van der Waals surface area contributed by atoms with Gasteiger partial charge in [-0.3, -0.25) is 9.36 Å². The standard InChI is InChI=1S/C21H14F2N6OS/c1-10-7-29(9-27-10)21-28-16(8-31-21)11-4-12-13(6-26-20(12)25-5-11)19(30)17-14(22)2-3-15(24)18(17)23/h2-9H,24H2,1H3,(H,25,26). The number of anilines is 1. The van der Waals surface area contributed by atoms with Gasteiger partial charge in [-0.15, -0.1) is 11.3 Å². The van der Waals surface area contributed by atoms with Crippen LogP contribution in [-0.4, -0.2) is 30.3 Å². The van der Waals surface area contributed by atoms with E-state index in [-0.39, 0.29) is 11.3 Å². The van der Waals surface area contributed by atoms with Crippen molar-refractivity contribution in [3.63, 3.8) is 0 Å². The van der Waals surface area contributed by atoms with Crippen molar-refractivity contribution in [3.05, 3.63) is 77.0 Å². The van der Waals surface area contributed by atoms with Crippen LogP contribution < -0.4 is 5.73 Å². The number of nitrogens with two attached hydrogens (primary N) is 1. The third-order valence-corrected chi connectivity index (χ3v) is 5.70. The Hall–Kier alpha value is -3.92. The highest BCUT2D eigenvalue weighted by Crippen LogP contribution is 2.29. The molecule has 0 aliphatic heterocycles. The number of hydrogen-bond acceptors (Lipinski definition) is 6. The number of fused-ring (bicyclic) bond motifs is 1. The first-order chi connectivity index (χ1) is 14.9. The second kappa shape index (κ2) is 7.10. The van der Waals surface area contributed by atoms with Crippen LogP contribution >= 0.6 is 11.3 Å². The molecule has 0 saturated heterocycles. The Bertz CT molecular complexity index is 1470. The average Bonchev–Trinajstić information content (AvgIpc) is 3.49. The molecule has 0 aliphatic rings. The van der Waals surface area contributed by atoms with E-state index < -0.39 is 23.0 Å². The first kappa shape index (κ1) is 19.1. The summed E-state index contributed by atoms with van der Waals surface area (Å²) >= 11 is 1.43. The quantitative estimate of drug-likeness (QED) is 0.324. The first-order valence-electron chi connectivity index (χ1n) is 9.14. The summed E-state index contributed by atoms with van der Waals surface area (Å²) in [7, 11) is 0. The maximum atomic E-state index is 14.4. The summed E-state index contributed by atoms with van der Waals surface area (Å²) in [6, 6.07) is 3.77. The van der Waals surface area contributed by atoms with E-state index in [0.29, 0.717) is 22.3 Å². The number of carbonyl (C=O) groups is 1. The van der Waals surface area contributed by atoms with Crippen LogP contribution in [0.4, 0.5) is 14.5 Å². The molecular weight excluding hydrogens is 422 g/mol. The van der Waals surface area contributed by atoms with E-state index in [1.54, 1.807) is 18.6 Å². The number of nitrogens with zero attached hydrogens (tertiary/aromatic N) is 4. The van der Waals surface area contributed by atoms with E-state index in [1.165, 1.54) is 17.5 Å². The maximum Gasteiger partial charge on any atom is 0.201 e. The lowest BCUT2D eigenvalue weighted by Crippen LogP contribution is -2.09. The van der Waals surface area contributed by atoms with E-state index in [0.717, 1.165) is 23.0 Å². The summed E-state index contributed by atoms with van der Waals surface area (Å²) in [5, 5.41) is 3.01. The summed E-state index contributed by atoms with van der Waals surface area (Å²) in [6.45, 7) is 1.89. The van der Waals surface area contributed by atoms with Crippen LogP contribution in [0.15, 0.2) is 48.5 Å². The number of thiazole rings is 1. The van der Waals surface area contributed by atoms with Crippen LogP contribution in [-0.2, 0) is 0 Å². The Labute approximate surface area is 178 Å². The van der Waals surface area contributed by atoms with Gasteiger partial charge in [0.05, 0.1) is 22.6 Å². The minimum absolute atomic E-state index is 0.0911. The fourth-order valence-electron chi connectivity index (χ4n) is 3.28. The van der Waals surface area contributed by atoms with Crippen molar-refractivity contribution in [1.29, 1.82) is 0 Å². The summed E-state index contributed by atoms with van der Waals surface area (Å²) in [5.74, 6) is -2.88. The molecule has 7 nitrogen and oxygen atoms in total. The number of aromatic amines is 1. The number of nitrogens with one attached hydrogen (secondary N) is 1. The van der Waals surface area contributed by atoms with Gasteiger partial charge in [0.2, 0.25) is 5.78 Å². The Morgan fingerprint density at radius 2 is 2.10 bits per heavy atom. The number of benzene rings is 1. The van der Waals surface area contributed by atoms with Crippen LogP contribution in [0.1, 0.15) is 21.6 Å². The molecule has 5 rings (SSSR count). The number of halogens is 2. The predicted molar refractivity (Wildman–Crippen MR) is 113 cm³/mol. The molecule has 0 spiro atoms. The van der Waals surface area contributed by atoms with Crippen molar-refractivity contribution in [3.8, 4) is 16.4 Å². The lowest BCUT2D eigenvalue weighted by Gasteiger charge is -2.06. The van der Waals surface area contributed by atoms with Crippen molar-refractivity contribution < 1.29 is 13.6 Å². The molecule has 5 aromatic rings. The molecule has 3 N–H and O–H groups in total. The summed E-state index contributed by atoms with van der Waals surface area (Å²) in [4.78, 5) is 28.9. The minimum Gasteiger partial charge on any atom is -0.396 e. The number of pyridine rings is 1. The van der Waals surface area contributed by atoms with Gasteiger partial charge >= 0.3 is 0 Å². The SMILES string of the molecule is Cc1cn(-c2nc(-c3cnc4[nH]cc(C(=O)c5c(F)ccc(N)c5F)c4c3)cs2)cn1. The molecule has 0 radical (unpaired) electrons. The Morgan fingerprint density at radius 1 is 1.26 bits per heavy atom. The van der Waals surface area contributed by atoms with Gasteiger partial charge in [-0.2, -0.15) is 0 Å². The molecule has 0 saturated carbocycles. The minimum atomic E-state index is -1.08. The zero-order valence-electron chi connectivity index (χ0n) is 16.1. The molecular formula is C21H14F2N6OS. The van der Waals surface area contributed by atoms with Crippen molar-refractivity contribution in [2.45, 2.75) is 6.92 Å². The van der Waals surface area contributed by atoms with Crippen molar-refractivity contribution >= 4 is 33.8 Å². The number of imidazole rings is 1. The molecule has 31 heavy (non-hydrogen) atoms. The normalized spacial score (nSPS) is 11.3. The molecule has 4 heterocycles. The van der Waals surface area contributed by atoms with Crippen molar-refractivity contribution in [2.24, 2.45) is 0 Å². The van der Waals surface area contributed by atoms with Gasteiger partial charge in [-0.05, 0) is 25.1 Å². The Balaban J connectivity index is 1.58. The largest absolute Gasteiger partial charge is 0.396 e. The fourth-order valence-corrected chi connectivity index (χ4v) is 4.06. The highest BCUT2D eigenvalue weighted by Gasteiger charge is 2.24. The number of hydrogen-bond donors (Lipinski definition) is 2. The number of rotatable bonds is 4. The average molecular weight is 436 g/mol. The molecule has 10 heteroatoms. The van der Waals surface area contributed by atoms with Gasteiger partial charge < -0.3 is 10.7 Å². The maximum absolute atomic E-state index is 14.4. The lowest BCUT2D eigenvalue weighted by molar-refractivity contribution is 0.103. The summed E-state index contributed by atoms with van der Waals surface area (Å²) in [6.07, 6.45) is 6.54. The second-order valence-corrected chi connectivity index (χ2v) is 7.75. The van der Waals surface area contributed by atoms with Gasteiger partial charge in [0, 0.05) is 40.5 Å². The molecule has 0 aliphatic carbocycles. The fraction of sp³-hybridized carbons (Fsp3) is 0.0476. The molecule has 0 atom stereocenters. The van der Waals surface area contributed by atoms with Gasteiger partial charge in [0.1, 0.15) is 17.8 Å². The number of ketones is 1. The van der Waals surface area contributed by atoms with Crippen LogP contribution in [0.5, 0.6) is 0 Å². The summed E-state index contributed by atoms with van der Waals surface area (Å²) < 4.78 is 30.4. The van der Waals surface area contributed by atoms with E-state index >= 15 is 0 Å². The monoisotopic (exact) mass is 436 g/mol. The van der Waals surface area contributed by atoms with E-state index in [1.807, 2.05) is 23.1 Å². The number of nitrogen functional groups attached to an aromatic ring is 1. The molecule has 0 amide bonds. The molecule has 154 valence electrons. The zero-order valence-corrected chi connectivity index (χ0v) is 16.9. The first-order valence-corrected chi connectivity index (χ1v) is 10.0. The van der Waals surface area contributed by atoms with Crippen LogP contribution in [0.3, 0.4) is 0 Å². The van der Waals surface area contributed by atoms with Crippen molar-refractivity contribution in [2.75, 3.05) is 5.73 Å². The molecule has 0 bridgehead atoms. The van der Waals surface area contributed by atoms with E-state index in [2.05, 4.69) is 19.9 Å². The van der Waals surface area contributed by atoms with Gasteiger partial charge in [-0.25, -0.2) is 23.7 Å².